The molecule has 0 saturated carbocycles. The molecule has 0 spiro atoms. The fourth-order valence-corrected chi connectivity index (χ4v) is 2.29. The Bertz CT molecular complexity index is 696. The number of rotatable bonds is 4. The normalized spacial score (nSPS) is 10.4. The minimum absolute atomic E-state index is 0.121. The summed E-state index contributed by atoms with van der Waals surface area (Å²) < 4.78 is 5.93. The molecule has 110 valence electrons. The molecule has 0 radical (unpaired) electrons. The Labute approximate surface area is 129 Å². The lowest BCUT2D eigenvalue weighted by Gasteiger charge is -2.16. The molecule has 0 N–H and O–H groups in total. The first kappa shape index (κ1) is 15.2. The van der Waals surface area contributed by atoms with Crippen LogP contribution in [0.4, 0.5) is 5.69 Å². The standard InChI is InChI=1S/C14H13BrN2O4/c1-9-3-5-11(21-9)8-16(2)14(18)12-7-10(17(19)20)4-6-13(12)15/h3-7H,8H2,1-2H3. The zero-order valence-electron chi connectivity index (χ0n) is 11.5. The minimum atomic E-state index is -0.529. The third-order valence-electron chi connectivity index (χ3n) is 2.93. The Kier molecular flexibility index (Phi) is 4.42. The highest BCUT2D eigenvalue weighted by Gasteiger charge is 2.19. The van der Waals surface area contributed by atoms with Gasteiger partial charge in [0.25, 0.3) is 11.6 Å². The van der Waals surface area contributed by atoms with Crippen molar-refractivity contribution in [2.75, 3.05) is 7.05 Å². The number of hydrogen-bond acceptors (Lipinski definition) is 4. The van der Waals surface area contributed by atoms with Crippen molar-refractivity contribution in [2.24, 2.45) is 0 Å². The highest BCUT2D eigenvalue weighted by atomic mass is 79.9. The first-order valence-electron chi connectivity index (χ1n) is 6.13. The quantitative estimate of drug-likeness (QED) is 0.622. The van der Waals surface area contributed by atoms with E-state index in [1.165, 1.54) is 23.1 Å². The average molecular weight is 353 g/mol. The van der Waals surface area contributed by atoms with Crippen molar-refractivity contribution >= 4 is 27.5 Å². The number of nitro groups is 1. The average Bonchev–Trinajstić information content (AvgIpc) is 2.83. The van der Waals surface area contributed by atoms with Crippen LogP contribution >= 0.6 is 15.9 Å². The van der Waals surface area contributed by atoms with Gasteiger partial charge in [0.15, 0.2) is 0 Å². The molecule has 21 heavy (non-hydrogen) atoms. The fourth-order valence-electron chi connectivity index (χ4n) is 1.87. The lowest BCUT2D eigenvalue weighted by Crippen LogP contribution is -2.26. The number of benzene rings is 1. The van der Waals surface area contributed by atoms with E-state index in [0.717, 1.165) is 5.76 Å². The summed E-state index contributed by atoms with van der Waals surface area (Å²) in [4.78, 5) is 24.1. The van der Waals surface area contributed by atoms with Crippen molar-refractivity contribution in [1.29, 1.82) is 0 Å². The maximum Gasteiger partial charge on any atom is 0.270 e. The third kappa shape index (κ3) is 3.49. The Morgan fingerprint density at radius 1 is 1.38 bits per heavy atom. The number of nitro benzene ring substituents is 1. The van der Waals surface area contributed by atoms with Gasteiger partial charge in [-0.25, -0.2) is 0 Å². The number of hydrogen-bond donors (Lipinski definition) is 0. The number of aryl methyl sites for hydroxylation is 1. The van der Waals surface area contributed by atoms with Gasteiger partial charge in [0.1, 0.15) is 11.5 Å². The van der Waals surface area contributed by atoms with Gasteiger partial charge in [0, 0.05) is 23.7 Å². The number of halogens is 1. The molecule has 0 fully saturated rings. The van der Waals surface area contributed by atoms with Gasteiger partial charge < -0.3 is 9.32 Å². The molecule has 2 aromatic rings. The van der Waals surface area contributed by atoms with E-state index in [0.29, 0.717) is 16.8 Å². The van der Waals surface area contributed by atoms with Crippen molar-refractivity contribution in [3.8, 4) is 0 Å². The molecule has 1 aromatic heterocycles. The number of non-ortho nitro benzene ring substituents is 1. The molecule has 0 unspecified atom stereocenters. The van der Waals surface area contributed by atoms with E-state index < -0.39 is 4.92 Å². The van der Waals surface area contributed by atoms with E-state index in [4.69, 9.17) is 4.42 Å². The highest BCUT2D eigenvalue weighted by Crippen LogP contribution is 2.24. The molecule has 0 atom stereocenters. The Hall–Kier alpha value is -2.15. The molecular formula is C14H13BrN2O4. The second-order valence-electron chi connectivity index (χ2n) is 4.59. The molecule has 6 nitrogen and oxygen atoms in total. The van der Waals surface area contributed by atoms with Crippen molar-refractivity contribution in [3.05, 3.63) is 62.0 Å². The molecule has 0 aliphatic carbocycles. The highest BCUT2D eigenvalue weighted by molar-refractivity contribution is 9.10. The molecule has 1 heterocycles. The van der Waals surface area contributed by atoms with Gasteiger partial charge in [-0.1, -0.05) is 0 Å². The maximum absolute atomic E-state index is 12.4. The molecule has 1 amide bonds. The van der Waals surface area contributed by atoms with E-state index >= 15 is 0 Å². The zero-order chi connectivity index (χ0) is 15.6. The molecule has 1 aromatic carbocycles. The predicted octanol–water partition coefficient (Wildman–Crippen LogP) is 3.53. The SMILES string of the molecule is Cc1ccc(CN(C)C(=O)c2cc([N+](=O)[O-])ccc2Br)o1. The number of carbonyl (C=O) groups excluding carboxylic acids is 1. The Balaban J connectivity index is 2.22. The minimum Gasteiger partial charge on any atom is -0.464 e. The number of furan rings is 1. The van der Waals surface area contributed by atoms with Gasteiger partial charge in [-0.2, -0.15) is 0 Å². The monoisotopic (exact) mass is 352 g/mol. The van der Waals surface area contributed by atoms with Crippen LogP contribution in [0, 0.1) is 17.0 Å². The summed E-state index contributed by atoms with van der Waals surface area (Å²) in [5.41, 5.74) is 0.124. The summed E-state index contributed by atoms with van der Waals surface area (Å²) >= 11 is 3.24. The van der Waals surface area contributed by atoms with E-state index in [-0.39, 0.29) is 17.2 Å². The second kappa shape index (κ2) is 6.09. The summed E-state index contributed by atoms with van der Waals surface area (Å²) in [6.07, 6.45) is 0. The van der Waals surface area contributed by atoms with Gasteiger partial charge in [0.05, 0.1) is 17.0 Å². The van der Waals surface area contributed by atoms with Crippen molar-refractivity contribution < 1.29 is 14.1 Å². The molecule has 7 heteroatoms. The zero-order valence-corrected chi connectivity index (χ0v) is 13.1. The largest absolute Gasteiger partial charge is 0.464 e. The van der Waals surface area contributed by atoms with Crippen molar-refractivity contribution in [2.45, 2.75) is 13.5 Å². The predicted molar refractivity (Wildman–Crippen MR) is 80.0 cm³/mol. The Morgan fingerprint density at radius 2 is 2.10 bits per heavy atom. The van der Waals surface area contributed by atoms with Gasteiger partial charge in [-0.3, -0.25) is 14.9 Å². The lowest BCUT2D eigenvalue weighted by molar-refractivity contribution is -0.384. The van der Waals surface area contributed by atoms with Crippen LogP contribution in [-0.2, 0) is 6.54 Å². The van der Waals surface area contributed by atoms with Crippen LogP contribution in [0.1, 0.15) is 21.9 Å². The first-order chi connectivity index (χ1) is 9.88. The summed E-state index contributed by atoms with van der Waals surface area (Å²) in [6.45, 7) is 2.12. The van der Waals surface area contributed by atoms with Crippen molar-refractivity contribution in [1.82, 2.24) is 4.90 Å². The first-order valence-corrected chi connectivity index (χ1v) is 6.92. The molecule has 2 rings (SSSR count). The summed E-state index contributed by atoms with van der Waals surface area (Å²) in [7, 11) is 1.62. The second-order valence-corrected chi connectivity index (χ2v) is 5.45. The molecule has 0 aliphatic heterocycles. The molecule has 0 aliphatic rings. The van der Waals surface area contributed by atoms with E-state index in [1.807, 2.05) is 13.0 Å². The van der Waals surface area contributed by atoms with Gasteiger partial charge in [-0.05, 0) is 41.1 Å². The third-order valence-corrected chi connectivity index (χ3v) is 3.62. The van der Waals surface area contributed by atoms with Gasteiger partial charge >= 0.3 is 0 Å². The molecular weight excluding hydrogens is 340 g/mol. The van der Waals surface area contributed by atoms with Crippen LogP contribution in [0.2, 0.25) is 0 Å². The van der Waals surface area contributed by atoms with E-state index in [1.54, 1.807) is 13.1 Å². The van der Waals surface area contributed by atoms with Crippen LogP contribution in [0.5, 0.6) is 0 Å². The smallest absolute Gasteiger partial charge is 0.270 e. The lowest BCUT2D eigenvalue weighted by atomic mass is 10.2. The van der Waals surface area contributed by atoms with E-state index in [9.17, 15) is 14.9 Å². The summed E-state index contributed by atoms with van der Waals surface area (Å²) in [6, 6.07) is 7.71. The van der Waals surface area contributed by atoms with Crippen LogP contribution in [-0.4, -0.2) is 22.8 Å². The Morgan fingerprint density at radius 3 is 2.67 bits per heavy atom. The summed E-state index contributed by atoms with van der Waals surface area (Å²) in [5, 5.41) is 10.8. The van der Waals surface area contributed by atoms with Gasteiger partial charge in [-0.15, -0.1) is 0 Å². The van der Waals surface area contributed by atoms with E-state index in [2.05, 4.69) is 15.9 Å². The summed E-state index contributed by atoms with van der Waals surface area (Å²) in [5.74, 6) is 1.10. The van der Waals surface area contributed by atoms with Crippen LogP contribution in [0.3, 0.4) is 0 Å². The fraction of sp³-hybridized carbons (Fsp3) is 0.214. The van der Waals surface area contributed by atoms with Crippen LogP contribution in [0.25, 0.3) is 0 Å². The molecule has 0 bridgehead atoms. The van der Waals surface area contributed by atoms with Crippen LogP contribution < -0.4 is 0 Å². The van der Waals surface area contributed by atoms with Crippen LogP contribution in [0.15, 0.2) is 39.2 Å². The topological polar surface area (TPSA) is 76.6 Å². The number of carbonyl (C=O) groups is 1. The van der Waals surface area contributed by atoms with Gasteiger partial charge in [0.2, 0.25) is 0 Å². The number of nitrogens with zero attached hydrogens (tertiary/aromatic N) is 2. The van der Waals surface area contributed by atoms with Crippen molar-refractivity contribution in [3.63, 3.8) is 0 Å². The number of amides is 1. The molecule has 0 saturated heterocycles. The maximum atomic E-state index is 12.4.